The quantitative estimate of drug-likeness (QED) is 0.535. The Hall–Kier alpha value is -1.23. The molecule has 88 valence electrons. The van der Waals surface area contributed by atoms with Crippen molar-refractivity contribution >= 4 is 6.98 Å². The molecule has 0 aliphatic heterocycles. The van der Waals surface area contributed by atoms with Crippen molar-refractivity contribution < 1.29 is 17.7 Å². The number of hydrogen-bond donors (Lipinski definition) is 0. The van der Waals surface area contributed by atoms with Gasteiger partial charge in [0.15, 0.2) is 0 Å². The average molecular weight is 229 g/mol. The number of rotatable bonds is 6. The monoisotopic (exact) mass is 229 g/mol. The van der Waals surface area contributed by atoms with E-state index >= 15 is 0 Å². The van der Waals surface area contributed by atoms with E-state index in [-0.39, 0.29) is 6.42 Å². The number of benzene rings is 1. The summed E-state index contributed by atoms with van der Waals surface area (Å²) in [7, 11) is 0. The third-order valence-corrected chi connectivity index (χ3v) is 1.89. The van der Waals surface area contributed by atoms with E-state index in [1.165, 1.54) is 0 Å². The van der Waals surface area contributed by atoms with E-state index in [4.69, 9.17) is 4.74 Å². The van der Waals surface area contributed by atoms with Crippen molar-refractivity contribution in [2.75, 3.05) is 6.61 Å². The Balaban J connectivity index is 2.11. The lowest BCUT2D eigenvalue weighted by molar-refractivity contribution is 0.125. The fraction of sp³-hybridized carbons (Fsp3) is 0.273. The maximum Gasteiger partial charge on any atom is 0.502 e. The topological polar surface area (TPSA) is 9.23 Å². The molecule has 0 aliphatic carbocycles. The minimum atomic E-state index is -4.81. The second-order valence-corrected chi connectivity index (χ2v) is 3.38. The smallest absolute Gasteiger partial charge is 0.445 e. The normalized spacial score (nSPS) is 12.2. The first-order chi connectivity index (χ1) is 7.58. The summed E-state index contributed by atoms with van der Waals surface area (Å²) >= 11 is 0. The van der Waals surface area contributed by atoms with Crippen LogP contribution in [-0.4, -0.2) is 13.6 Å². The number of hydrogen-bond acceptors (Lipinski definition) is 1. The van der Waals surface area contributed by atoms with Gasteiger partial charge < -0.3 is 17.7 Å². The Labute approximate surface area is 93.0 Å². The molecule has 5 heteroatoms. The van der Waals surface area contributed by atoms with Gasteiger partial charge in [0.2, 0.25) is 0 Å². The van der Waals surface area contributed by atoms with Crippen LogP contribution < -0.4 is 0 Å². The van der Waals surface area contributed by atoms with Crippen LogP contribution in [0.5, 0.6) is 0 Å². The summed E-state index contributed by atoms with van der Waals surface area (Å²) in [6.07, 6.45) is 1.39. The molecule has 0 fully saturated rings. The first kappa shape index (κ1) is 12.8. The minimum Gasteiger partial charge on any atom is -0.445 e. The molecule has 0 saturated carbocycles. The van der Waals surface area contributed by atoms with Crippen LogP contribution in [0.2, 0.25) is 0 Å². The summed E-state index contributed by atoms with van der Waals surface area (Å²) in [5, 5.41) is 0. The molecule has 0 amide bonds. The molecule has 0 radical (unpaired) electrons. The Morgan fingerprint density at radius 1 is 1.12 bits per heavy atom. The highest BCUT2D eigenvalue weighted by Crippen LogP contribution is 2.09. The highest BCUT2D eigenvalue weighted by atomic mass is 19.4. The van der Waals surface area contributed by atoms with Crippen LogP contribution in [0.1, 0.15) is 12.0 Å². The lowest BCUT2D eigenvalue weighted by Crippen LogP contribution is -2.09. The van der Waals surface area contributed by atoms with E-state index in [0.717, 1.165) is 11.6 Å². The van der Waals surface area contributed by atoms with E-state index in [2.05, 4.69) is 0 Å². The van der Waals surface area contributed by atoms with Crippen LogP contribution in [0, 0.1) is 0 Å². The van der Waals surface area contributed by atoms with Gasteiger partial charge in [0, 0.05) is 0 Å². The summed E-state index contributed by atoms with van der Waals surface area (Å²) in [5.41, 5.74) is 1.02. The summed E-state index contributed by atoms with van der Waals surface area (Å²) < 4.78 is 40.5. The van der Waals surface area contributed by atoms with E-state index in [1.54, 1.807) is 0 Å². The molecule has 0 spiro atoms. The summed E-state index contributed by atoms with van der Waals surface area (Å²) in [5.74, 6) is 0.297. The molecule has 16 heavy (non-hydrogen) atoms. The molecule has 0 atom stereocenters. The molecule has 1 aromatic carbocycles. The summed E-state index contributed by atoms with van der Waals surface area (Å²) in [4.78, 5) is 0. The van der Waals surface area contributed by atoms with Crippen LogP contribution in [-0.2, 0) is 11.3 Å². The molecule has 0 aromatic heterocycles. The van der Waals surface area contributed by atoms with Crippen molar-refractivity contribution in [2.24, 2.45) is 0 Å². The highest BCUT2D eigenvalue weighted by Gasteiger charge is 2.16. The zero-order valence-corrected chi connectivity index (χ0v) is 8.78. The number of halogens is 3. The molecule has 1 nitrogen and oxygen atoms in total. The molecule has 0 saturated heterocycles. The Morgan fingerprint density at radius 2 is 1.81 bits per heavy atom. The van der Waals surface area contributed by atoms with Gasteiger partial charge in [0.1, 0.15) is 0 Å². The molecular formula is C11H13BF3O-. The maximum atomic E-state index is 11.8. The predicted octanol–water partition coefficient (Wildman–Crippen LogP) is 3.54. The van der Waals surface area contributed by atoms with Gasteiger partial charge >= 0.3 is 6.98 Å². The fourth-order valence-corrected chi connectivity index (χ4v) is 1.17. The van der Waals surface area contributed by atoms with Gasteiger partial charge in [-0.05, 0) is 12.0 Å². The van der Waals surface area contributed by atoms with Crippen molar-refractivity contribution in [2.45, 2.75) is 13.0 Å². The largest absolute Gasteiger partial charge is 0.502 e. The lowest BCUT2D eigenvalue weighted by Gasteiger charge is -2.06. The van der Waals surface area contributed by atoms with Gasteiger partial charge in [-0.1, -0.05) is 30.3 Å². The van der Waals surface area contributed by atoms with Crippen molar-refractivity contribution in [3.63, 3.8) is 0 Å². The minimum absolute atomic E-state index is 0.286. The first-order valence-electron chi connectivity index (χ1n) is 5.07. The van der Waals surface area contributed by atoms with Crippen molar-refractivity contribution in [1.29, 1.82) is 0 Å². The standard InChI is InChI=1S/C11H13BF3O/c13-12(14,15)8-4-5-9-16-10-11-6-2-1-3-7-11/h1-4,6-8H,5,9-10H2/q-1/b8-4+. The van der Waals surface area contributed by atoms with Gasteiger partial charge in [-0.15, -0.1) is 12.1 Å². The zero-order chi connectivity index (χ0) is 11.9. The van der Waals surface area contributed by atoms with Crippen molar-refractivity contribution in [3.8, 4) is 0 Å². The summed E-state index contributed by atoms with van der Waals surface area (Å²) in [6.45, 7) is -4.07. The second-order valence-electron chi connectivity index (χ2n) is 3.38. The molecule has 1 rings (SSSR count). The van der Waals surface area contributed by atoms with Gasteiger partial charge in [0.25, 0.3) is 0 Å². The molecule has 0 aliphatic rings. The number of ether oxygens (including phenoxy) is 1. The first-order valence-corrected chi connectivity index (χ1v) is 5.07. The van der Waals surface area contributed by atoms with Crippen LogP contribution in [0.15, 0.2) is 42.4 Å². The fourth-order valence-electron chi connectivity index (χ4n) is 1.17. The van der Waals surface area contributed by atoms with Crippen LogP contribution in [0.4, 0.5) is 12.9 Å². The molecular weight excluding hydrogens is 216 g/mol. The van der Waals surface area contributed by atoms with Gasteiger partial charge in [-0.3, -0.25) is 0 Å². The molecule has 0 N–H and O–H groups in total. The molecule has 0 heterocycles. The van der Waals surface area contributed by atoms with Gasteiger partial charge in [-0.2, -0.15) is 0 Å². The molecule has 0 bridgehead atoms. The second kappa shape index (κ2) is 6.38. The Morgan fingerprint density at radius 3 is 2.44 bits per heavy atom. The average Bonchev–Trinajstić information content (AvgIpc) is 2.23. The third-order valence-electron chi connectivity index (χ3n) is 1.89. The highest BCUT2D eigenvalue weighted by molar-refractivity contribution is 6.64. The Kier molecular flexibility index (Phi) is 5.12. The Bertz CT molecular complexity index is 322. The van der Waals surface area contributed by atoms with Crippen LogP contribution in [0.25, 0.3) is 0 Å². The van der Waals surface area contributed by atoms with Crippen molar-refractivity contribution in [1.82, 2.24) is 0 Å². The van der Waals surface area contributed by atoms with Gasteiger partial charge in [-0.25, -0.2) is 0 Å². The van der Waals surface area contributed by atoms with E-state index in [0.29, 0.717) is 19.2 Å². The summed E-state index contributed by atoms with van der Waals surface area (Å²) in [6, 6.07) is 9.51. The lowest BCUT2D eigenvalue weighted by atomic mass is 9.91. The van der Waals surface area contributed by atoms with Crippen molar-refractivity contribution in [3.05, 3.63) is 47.9 Å². The molecule has 1 aromatic rings. The molecule has 0 unspecified atom stereocenters. The zero-order valence-electron chi connectivity index (χ0n) is 8.78. The van der Waals surface area contributed by atoms with E-state index in [9.17, 15) is 12.9 Å². The maximum absolute atomic E-state index is 11.8. The predicted molar refractivity (Wildman–Crippen MR) is 58.9 cm³/mol. The van der Waals surface area contributed by atoms with E-state index < -0.39 is 6.98 Å². The van der Waals surface area contributed by atoms with Gasteiger partial charge in [0.05, 0.1) is 13.2 Å². The van der Waals surface area contributed by atoms with Crippen LogP contribution >= 0.6 is 0 Å². The van der Waals surface area contributed by atoms with Crippen LogP contribution in [0.3, 0.4) is 0 Å². The SMILES string of the molecule is F[B-](F)(F)/C=C/CCOCc1ccccc1. The third kappa shape index (κ3) is 6.29. The van der Waals surface area contributed by atoms with E-state index in [1.807, 2.05) is 30.3 Å².